The van der Waals surface area contributed by atoms with Gasteiger partial charge in [0.25, 0.3) is 5.91 Å². The van der Waals surface area contributed by atoms with E-state index in [0.29, 0.717) is 16.3 Å². The van der Waals surface area contributed by atoms with Gasteiger partial charge in [-0.05, 0) is 54.4 Å². The molecule has 0 aliphatic carbocycles. The number of rotatable bonds is 4. The molecule has 0 saturated carbocycles. The molecule has 10 heteroatoms. The summed E-state index contributed by atoms with van der Waals surface area (Å²) in [4.78, 5) is 24.8. The van der Waals surface area contributed by atoms with Crippen molar-refractivity contribution in [1.29, 1.82) is 0 Å². The van der Waals surface area contributed by atoms with Gasteiger partial charge in [-0.15, -0.1) is 0 Å². The van der Waals surface area contributed by atoms with Gasteiger partial charge in [-0.3, -0.25) is 9.59 Å². The molecule has 0 fully saturated rings. The summed E-state index contributed by atoms with van der Waals surface area (Å²) in [5.41, 5.74) is -0.714. The Labute approximate surface area is 185 Å². The van der Waals surface area contributed by atoms with Crippen molar-refractivity contribution in [3.63, 3.8) is 0 Å². The number of ether oxygens (including phenoxy) is 1. The Morgan fingerprint density at radius 3 is 2.59 bits per heavy atom. The van der Waals surface area contributed by atoms with Gasteiger partial charge in [0.1, 0.15) is 18.6 Å². The van der Waals surface area contributed by atoms with E-state index in [-0.39, 0.29) is 24.3 Å². The van der Waals surface area contributed by atoms with Crippen molar-refractivity contribution in [2.24, 2.45) is 5.92 Å². The Balaban J connectivity index is 1.52. The van der Waals surface area contributed by atoms with Gasteiger partial charge >= 0.3 is 6.18 Å². The summed E-state index contributed by atoms with van der Waals surface area (Å²) in [5, 5.41) is 5.19. The summed E-state index contributed by atoms with van der Waals surface area (Å²) in [7, 11) is 0. The average Bonchev–Trinajstić information content (AvgIpc) is 3.28. The van der Waals surface area contributed by atoms with Crippen LogP contribution in [0.25, 0.3) is 0 Å². The van der Waals surface area contributed by atoms with Crippen molar-refractivity contribution < 1.29 is 31.9 Å². The third-order valence-corrected chi connectivity index (χ3v) is 5.16. The third kappa shape index (κ3) is 4.72. The second-order valence-electron chi connectivity index (χ2n) is 7.18. The van der Waals surface area contributed by atoms with Crippen LogP contribution in [0.5, 0.6) is 5.75 Å². The number of amides is 2. The lowest BCUT2D eigenvalue weighted by molar-refractivity contribution is -0.137. The number of carbonyl (C=O) groups is 2. The highest BCUT2D eigenvalue weighted by molar-refractivity contribution is 6.30. The number of hydrogen-bond acceptors (Lipinski definition) is 4. The van der Waals surface area contributed by atoms with Gasteiger partial charge in [-0.1, -0.05) is 11.6 Å². The number of nitrogens with one attached hydrogen (secondary N) is 2. The van der Waals surface area contributed by atoms with E-state index in [1.807, 2.05) is 0 Å². The van der Waals surface area contributed by atoms with Gasteiger partial charge < -0.3 is 19.8 Å². The molecule has 2 N–H and O–H groups in total. The fourth-order valence-corrected chi connectivity index (χ4v) is 3.52. The summed E-state index contributed by atoms with van der Waals surface area (Å²) in [6, 6.07) is 9.52. The van der Waals surface area contributed by atoms with Crippen LogP contribution in [0.1, 0.15) is 21.5 Å². The number of fused-ring (bicyclic) bond motifs is 1. The molecule has 0 bridgehead atoms. The topological polar surface area (TPSA) is 80.6 Å². The summed E-state index contributed by atoms with van der Waals surface area (Å²) in [6.07, 6.45) is -2.04. The molecule has 2 aromatic carbocycles. The Kier molecular flexibility index (Phi) is 5.84. The highest BCUT2D eigenvalue weighted by atomic mass is 35.5. The number of carbonyl (C=O) groups excluding carboxylic acids is 2. The Morgan fingerprint density at radius 2 is 1.88 bits per heavy atom. The number of halogens is 4. The first-order valence-electron chi connectivity index (χ1n) is 9.47. The molecule has 2 heterocycles. The fraction of sp³-hybridized carbons (Fsp3) is 0.182. The molecular formula is C22H16ClF3N2O4. The smallest absolute Gasteiger partial charge is 0.418 e. The summed E-state index contributed by atoms with van der Waals surface area (Å²) in [5.74, 6) is -1.34. The van der Waals surface area contributed by atoms with E-state index in [2.05, 4.69) is 10.6 Å². The fourth-order valence-electron chi connectivity index (χ4n) is 3.33. The van der Waals surface area contributed by atoms with Gasteiger partial charge in [-0.25, -0.2) is 0 Å². The SMILES string of the molecule is O=C(Nc1ccc(NC(=O)[C@H]2COc3ccc(Cl)cc3C2)c(C(F)(F)F)c1)c1ccoc1. The molecule has 1 atom stereocenters. The molecule has 0 unspecified atom stereocenters. The van der Waals surface area contributed by atoms with E-state index >= 15 is 0 Å². The Hall–Kier alpha value is -3.46. The molecule has 6 nitrogen and oxygen atoms in total. The highest BCUT2D eigenvalue weighted by Gasteiger charge is 2.35. The van der Waals surface area contributed by atoms with Gasteiger partial charge in [-0.2, -0.15) is 13.2 Å². The molecular weight excluding hydrogens is 449 g/mol. The number of hydrogen-bond donors (Lipinski definition) is 2. The van der Waals surface area contributed by atoms with Crippen LogP contribution in [0, 0.1) is 5.92 Å². The van der Waals surface area contributed by atoms with Crippen molar-refractivity contribution in [2.45, 2.75) is 12.6 Å². The highest BCUT2D eigenvalue weighted by Crippen LogP contribution is 2.37. The Morgan fingerprint density at radius 1 is 1.06 bits per heavy atom. The maximum Gasteiger partial charge on any atom is 0.418 e. The molecule has 0 spiro atoms. The number of benzene rings is 2. The van der Waals surface area contributed by atoms with Crippen LogP contribution < -0.4 is 15.4 Å². The standard InChI is InChI=1S/C22H16ClF3N2O4/c23-15-1-4-19-13(8-15)7-14(11-32-19)21(30)28-18-3-2-16(9-17(18)22(24,25)26)27-20(29)12-5-6-31-10-12/h1-6,8-10,14H,7,11H2,(H,27,29)(H,28,30)/t14-/m1/s1. The molecule has 1 aliphatic rings. The van der Waals surface area contributed by atoms with Crippen LogP contribution in [-0.4, -0.2) is 18.4 Å². The molecule has 32 heavy (non-hydrogen) atoms. The second kappa shape index (κ2) is 8.58. The molecule has 0 saturated heterocycles. The predicted octanol–water partition coefficient (Wildman–Crippen LogP) is 5.39. The zero-order valence-corrected chi connectivity index (χ0v) is 17.1. The van der Waals surface area contributed by atoms with Crippen LogP contribution >= 0.6 is 11.6 Å². The lowest BCUT2D eigenvalue weighted by atomic mass is 9.95. The van der Waals surface area contributed by atoms with Gasteiger partial charge in [0, 0.05) is 10.7 Å². The van der Waals surface area contributed by atoms with Crippen LogP contribution in [0.3, 0.4) is 0 Å². The maximum absolute atomic E-state index is 13.7. The van der Waals surface area contributed by atoms with E-state index in [4.69, 9.17) is 20.8 Å². The summed E-state index contributed by atoms with van der Waals surface area (Å²) >= 11 is 5.97. The molecule has 0 radical (unpaired) electrons. The van der Waals surface area contributed by atoms with Crippen molar-refractivity contribution in [3.8, 4) is 5.75 Å². The number of alkyl halides is 3. The molecule has 3 aromatic rings. The first-order chi connectivity index (χ1) is 15.2. The lowest BCUT2D eigenvalue weighted by Gasteiger charge is -2.25. The van der Waals surface area contributed by atoms with Crippen molar-refractivity contribution in [3.05, 3.63) is 76.7 Å². The maximum atomic E-state index is 13.7. The largest absolute Gasteiger partial charge is 0.492 e. The third-order valence-electron chi connectivity index (χ3n) is 4.92. The molecule has 166 valence electrons. The molecule has 1 aromatic heterocycles. The van der Waals surface area contributed by atoms with E-state index in [1.54, 1.807) is 18.2 Å². The minimum absolute atomic E-state index is 0.0284. The first kappa shape index (κ1) is 21.8. The summed E-state index contributed by atoms with van der Waals surface area (Å²) < 4.78 is 51.3. The normalized spacial score (nSPS) is 15.4. The monoisotopic (exact) mass is 464 g/mol. The zero-order chi connectivity index (χ0) is 22.9. The van der Waals surface area contributed by atoms with Crippen LogP contribution in [-0.2, 0) is 17.4 Å². The van der Waals surface area contributed by atoms with E-state index in [0.717, 1.165) is 12.1 Å². The molecule has 4 rings (SSSR count). The minimum Gasteiger partial charge on any atom is -0.492 e. The Bertz CT molecular complexity index is 1160. The van der Waals surface area contributed by atoms with Crippen molar-refractivity contribution in [2.75, 3.05) is 17.2 Å². The molecule has 1 aliphatic heterocycles. The minimum atomic E-state index is -4.76. The van der Waals surface area contributed by atoms with Crippen molar-refractivity contribution >= 4 is 34.8 Å². The van der Waals surface area contributed by atoms with Crippen LogP contribution in [0.15, 0.2) is 59.4 Å². The predicted molar refractivity (Wildman–Crippen MR) is 111 cm³/mol. The van der Waals surface area contributed by atoms with E-state index < -0.39 is 35.2 Å². The zero-order valence-electron chi connectivity index (χ0n) is 16.3. The van der Waals surface area contributed by atoms with Gasteiger partial charge in [0.2, 0.25) is 5.91 Å². The van der Waals surface area contributed by atoms with E-state index in [9.17, 15) is 22.8 Å². The number of anilines is 2. The van der Waals surface area contributed by atoms with Crippen LogP contribution in [0.4, 0.5) is 24.5 Å². The second-order valence-corrected chi connectivity index (χ2v) is 7.61. The van der Waals surface area contributed by atoms with Gasteiger partial charge in [0.15, 0.2) is 0 Å². The van der Waals surface area contributed by atoms with Gasteiger partial charge in [0.05, 0.1) is 29.0 Å². The van der Waals surface area contributed by atoms with E-state index in [1.165, 1.54) is 24.7 Å². The molecule has 2 amide bonds. The average molecular weight is 465 g/mol. The van der Waals surface area contributed by atoms with Crippen LogP contribution in [0.2, 0.25) is 5.02 Å². The summed E-state index contributed by atoms with van der Waals surface area (Å²) in [6.45, 7) is 0.0284. The first-order valence-corrected chi connectivity index (χ1v) is 9.85. The lowest BCUT2D eigenvalue weighted by Crippen LogP contribution is -2.33. The quantitative estimate of drug-likeness (QED) is 0.542. The van der Waals surface area contributed by atoms with Crippen molar-refractivity contribution in [1.82, 2.24) is 0 Å². The number of furan rings is 1.